The molecule has 1 aromatic heterocycles. The first-order valence-electron chi connectivity index (χ1n) is 6.23. The van der Waals surface area contributed by atoms with E-state index in [4.69, 9.17) is 15.0 Å². The Balaban J connectivity index is 2.53. The molecule has 0 fully saturated rings. The Morgan fingerprint density at radius 3 is 2.95 bits per heavy atom. The van der Waals surface area contributed by atoms with E-state index in [1.807, 2.05) is 13.0 Å². The van der Waals surface area contributed by atoms with Crippen LogP contribution >= 0.6 is 9.47 Å². The molecule has 0 amide bonds. The van der Waals surface area contributed by atoms with Gasteiger partial charge in [0.15, 0.2) is 0 Å². The minimum absolute atomic E-state index is 0.121. The molecule has 2 unspecified atom stereocenters. The van der Waals surface area contributed by atoms with Crippen molar-refractivity contribution in [3.63, 3.8) is 0 Å². The predicted octanol–water partition coefficient (Wildman–Crippen LogP) is 1.01. The Hall–Kier alpha value is -0.740. The number of hydrogen-bond acceptors (Lipinski definition) is 5. The van der Waals surface area contributed by atoms with Crippen LogP contribution in [0.2, 0.25) is 0 Å². The third kappa shape index (κ3) is 2.48. The van der Waals surface area contributed by atoms with Gasteiger partial charge in [0.05, 0.1) is 23.4 Å². The van der Waals surface area contributed by atoms with Gasteiger partial charge in [0.1, 0.15) is 18.0 Å². The standard InChI is InChI=1S/C13H21N2O3P/c1-8-11-9(12(2,6-17-11)7-18-19)4-10(15-8)13(3,16)5-14/h4,16H,5-7,14,19H2,1-3H3/t12-,13?/m1/s1. The lowest BCUT2D eigenvalue weighted by Crippen LogP contribution is -2.33. The highest BCUT2D eigenvalue weighted by Gasteiger charge is 2.39. The molecule has 3 N–H and O–H groups in total. The van der Waals surface area contributed by atoms with Gasteiger partial charge in [0, 0.05) is 21.6 Å². The summed E-state index contributed by atoms with van der Waals surface area (Å²) in [6.45, 7) is 6.81. The lowest BCUT2D eigenvalue weighted by molar-refractivity contribution is 0.0618. The second-order valence-electron chi connectivity index (χ2n) is 5.61. The molecule has 1 aliphatic heterocycles. The van der Waals surface area contributed by atoms with E-state index in [2.05, 4.69) is 21.4 Å². The molecule has 1 aromatic rings. The van der Waals surface area contributed by atoms with Crippen molar-refractivity contribution in [1.29, 1.82) is 0 Å². The summed E-state index contributed by atoms with van der Waals surface area (Å²) in [4.78, 5) is 4.41. The maximum Gasteiger partial charge on any atom is 0.144 e. The number of aryl methyl sites for hydroxylation is 1. The van der Waals surface area contributed by atoms with Gasteiger partial charge in [-0.25, -0.2) is 0 Å². The third-order valence-corrected chi connectivity index (χ3v) is 3.85. The highest BCUT2D eigenvalue weighted by atomic mass is 31.0. The van der Waals surface area contributed by atoms with Crippen LogP contribution < -0.4 is 10.5 Å². The monoisotopic (exact) mass is 284 g/mol. The number of nitrogens with two attached hydrogens (primary N) is 1. The van der Waals surface area contributed by atoms with Crippen molar-refractivity contribution in [2.45, 2.75) is 31.8 Å². The highest BCUT2D eigenvalue weighted by molar-refractivity contribution is 7.09. The summed E-state index contributed by atoms with van der Waals surface area (Å²) < 4.78 is 10.9. The average molecular weight is 284 g/mol. The minimum atomic E-state index is -1.13. The molecule has 0 aromatic carbocycles. The van der Waals surface area contributed by atoms with Crippen molar-refractivity contribution in [2.24, 2.45) is 5.73 Å². The van der Waals surface area contributed by atoms with Crippen LogP contribution in [0.3, 0.4) is 0 Å². The lowest BCUT2D eigenvalue weighted by atomic mass is 9.84. The first kappa shape index (κ1) is 14.7. The number of pyridine rings is 1. The van der Waals surface area contributed by atoms with E-state index in [1.165, 1.54) is 0 Å². The van der Waals surface area contributed by atoms with Gasteiger partial charge in [0.2, 0.25) is 0 Å². The Labute approximate surface area is 115 Å². The molecule has 0 spiro atoms. The molecule has 19 heavy (non-hydrogen) atoms. The number of hydrogen-bond donors (Lipinski definition) is 2. The van der Waals surface area contributed by atoms with Crippen molar-refractivity contribution in [1.82, 2.24) is 4.98 Å². The average Bonchev–Trinajstić information content (AvgIpc) is 2.68. The third-order valence-electron chi connectivity index (χ3n) is 3.68. The SMILES string of the molecule is Cc1nc(C(C)(O)CN)cc2c1OC[C@]2(C)COP. The van der Waals surface area contributed by atoms with Crippen molar-refractivity contribution in [2.75, 3.05) is 19.8 Å². The topological polar surface area (TPSA) is 77.6 Å². The van der Waals surface area contributed by atoms with Crippen LogP contribution in [0.5, 0.6) is 5.75 Å². The molecule has 1 aliphatic rings. The fraction of sp³-hybridized carbons (Fsp3) is 0.615. The van der Waals surface area contributed by atoms with Gasteiger partial charge < -0.3 is 20.1 Å². The molecule has 6 heteroatoms. The van der Waals surface area contributed by atoms with Crippen LogP contribution in [0, 0.1) is 6.92 Å². The summed E-state index contributed by atoms with van der Waals surface area (Å²) in [6, 6.07) is 1.88. The number of aromatic nitrogens is 1. The Kier molecular flexibility index (Phi) is 3.85. The van der Waals surface area contributed by atoms with E-state index < -0.39 is 5.60 Å². The zero-order valence-corrected chi connectivity index (χ0v) is 12.7. The molecule has 0 aliphatic carbocycles. The molecule has 5 nitrogen and oxygen atoms in total. The van der Waals surface area contributed by atoms with Crippen molar-refractivity contribution in [3.8, 4) is 5.75 Å². The van der Waals surface area contributed by atoms with Crippen LogP contribution in [0.1, 0.15) is 30.8 Å². The van der Waals surface area contributed by atoms with Crippen LogP contribution in [0.4, 0.5) is 0 Å². The quantitative estimate of drug-likeness (QED) is 0.807. The number of fused-ring (bicyclic) bond motifs is 1. The number of ether oxygens (including phenoxy) is 1. The van der Waals surface area contributed by atoms with Crippen LogP contribution in [0.25, 0.3) is 0 Å². The molecule has 0 bridgehead atoms. The molecule has 2 heterocycles. The molecule has 106 valence electrons. The van der Waals surface area contributed by atoms with Crippen molar-refractivity contribution < 1.29 is 14.4 Å². The molecule has 3 atom stereocenters. The zero-order valence-electron chi connectivity index (χ0n) is 11.6. The molecule has 2 rings (SSSR count). The first-order chi connectivity index (χ1) is 8.84. The summed E-state index contributed by atoms with van der Waals surface area (Å²) in [6.07, 6.45) is 0. The molecular weight excluding hydrogens is 263 g/mol. The first-order valence-corrected chi connectivity index (χ1v) is 6.71. The second-order valence-corrected chi connectivity index (χ2v) is 5.94. The number of rotatable bonds is 4. The largest absolute Gasteiger partial charge is 0.490 e. The Morgan fingerprint density at radius 2 is 2.37 bits per heavy atom. The summed E-state index contributed by atoms with van der Waals surface area (Å²) in [5, 5.41) is 10.3. The molecule has 0 saturated heterocycles. The zero-order chi connectivity index (χ0) is 14.3. The summed E-state index contributed by atoms with van der Waals surface area (Å²) in [5.41, 5.74) is 6.61. The maximum atomic E-state index is 10.3. The van der Waals surface area contributed by atoms with E-state index in [0.29, 0.717) is 18.9 Å². The Morgan fingerprint density at radius 1 is 1.68 bits per heavy atom. The van der Waals surface area contributed by atoms with Gasteiger partial charge in [-0.05, 0) is 26.8 Å². The van der Waals surface area contributed by atoms with Gasteiger partial charge in [-0.15, -0.1) is 0 Å². The van der Waals surface area contributed by atoms with Gasteiger partial charge >= 0.3 is 0 Å². The van der Waals surface area contributed by atoms with Crippen LogP contribution in [-0.4, -0.2) is 29.8 Å². The minimum Gasteiger partial charge on any atom is -0.490 e. The maximum absolute atomic E-state index is 10.3. The van der Waals surface area contributed by atoms with Gasteiger partial charge in [0.25, 0.3) is 0 Å². The molecule has 0 saturated carbocycles. The van der Waals surface area contributed by atoms with E-state index in [1.54, 1.807) is 6.92 Å². The van der Waals surface area contributed by atoms with E-state index in [9.17, 15) is 5.11 Å². The molecular formula is C13H21N2O3P. The summed E-state index contributed by atoms with van der Waals surface area (Å²) in [5.74, 6) is 0.793. The van der Waals surface area contributed by atoms with E-state index in [0.717, 1.165) is 17.0 Å². The van der Waals surface area contributed by atoms with E-state index in [-0.39, 0.29) is 12.0 Å². The predicted molar refractivity (Wildman–Crippen MR) is 76.1 cm³/mol. The highest BCUT2D eigenvalue weighted by Crippen LogP contribution is 2.42. The normalized spacial score (nSPS) is 24.7. The number of nitrogens with zero attached hydrogens (tertiary/aromatic N) is 1. The molecule has 0 radical (unpaired) electrons. The van der Waals surface area contributed by atoms with Gasteiger partial charge in [-0.1, -0.05) is 0 Å². The smallest absolute Gasteiger partial charge is 0.144 e. The Bertz CT molecular complexity index is 493. The fourth-order valence-corrected chi connectivity index (χ4v) is 2.65. The second kappa shape index (κ2) is 4.98. The fourth-order valence-electron chi connectivity index (χ4n) is 2.28. The van der Waals surface area contributed by atoms with E-state index >= 15 is 0 Å². The summed E-state index contributed by atoms with van der Waals surface area (Å²) >= 11 is 0. The van der Waals surface area contributed by atoms with Crippen LogP contribution in [0.15, 0.2) is 6.07 Å². The van der Waals surface area contributed by atoms with Gasteiger partial charge in [-0.3, -0.25) is 4.98 Å². The van der Waals surface area contributed by atoms with Gasteiger partial charge in [-0.2, -0.15) is 0 Å². The number of aliphatic hydroxyl groups is 1. The van der Waals surface area contributed by atoms with Crippen molar-refractivity contribution >= 4 is 9.47 Å². The van der Waals surface area contributed by atoms with Crippen LogP contribution in [-0.2, 0) is 15.5 Å². The lowest BCUT2D eigenvalue weighted by Gasteiger charge is -2.25. The van der Waals surface area contributed by atoms with Crippen molar-refractivity contribution in [3.05, 3.63) is 23.0 Å². The summed E-state index contributed by atoms with van der Waals surface area (Å²) in [7, 11) is 2.26.